The molecule has 0 aromatic heterocycles. The fourth-order valence-electron chi connectivity index (χ4n) is 2.35. The Morgan fingerprint density at radius 2 is 2.20 bits per heavy atom. The molecule has 0 bridgehead atoms. The van der Waals surface area contributed by atoms with Crippen LogP contribution in [0.2, 0.25) is 0 Å². The molecule has 1 N–H and O–H groups in total. The standard InChI is InChI=1S/C12H23NO2/c1-4-10-11(14)6-5-9(2)12(10)13-7-8-15-3/h9-11,14H,4-8H2,1-3H3. The maximum atomic E-state index is 9.90. The molecule has 88 valence electrons. The number of aliphatic hydroxyl groups is 1. The molecule has 3 nitrogen and oxygen atoms in total. The van der Waals surface area contributed by atoms with Crippen LogP contribution in [0.3, 0.4) is 0 Å². The first-order valence-corrected chi connectivity index (χ1v) is 5.91. The van der Waals surface area contributed by atoms with Crippen LogP contribution in [-0.4, -0.2) is 37.2 Å². The average molecular weight is 213 g/mol. The van der Waals surface area contributed by atoms with Gasteiger partial charge < -0.3 is 9.84 Å². The molecule has 0 aromatic carbocycles. The quantitative estimate of drug-likeness (QED) is 0.725. The number of hydrogen-bond donors (Lipinski definition) is 1. The monoisotopic (exact) mass is 213 g/mol. The number of hydrogen-bond acceptors (Lipinski definition) is 3. The van der Waals surface area contributed by atoms with Gasteiger partial charge in [0, 0.05) is 18.7 Å². The number of ether oxygens (including phenoxy) is 1. The minimum Gasteiger partial charge on any atom is -0.392 e. The van der Waals surface area contributed by atoms with E-state index in [-0.39, 0.29) is 12.0 Å². The fraction of sp³-hybridized carbons (Fsp3) is 0.917. The Morgan fingerprint density at radius 3 is 2.80 bits per heavy atom. The highest BCUT2D eigenvalue weighted by Crippen LogP contribution is 2.29. The van der Waals surface area contributed by atoms with Gasteiger partial charge in [0.05, 0.1) is 19.3 Å². The van der Waals surface area contributed by atoms with Crippen LogP contribution in [0.25, 0.3) is 0 Å². The smallest absolute Gasteiger partial charge is 0.0658 e. The minimum atomic E-state index is -0.188. The molecule has 3 unspecified atom stereocenters. The number of aliphatic imine (C=N–C) groups is 1. The van der Waals surface area contributed by atoms with E-state index in [2.05, 4.69) is 18.8 Å². The lowest BCUT2D eigenvalue weighted by Crippen LogP contribution is -2.37. The second-order valence-corrected chi connectivity index (χ2v) is 4.36. The highest BCUT2D eigenvalue weighted by molar-refractivity contribution is 5.89. The van der Waals surface area contributed by atoms with Crippen LogP contribution < -0.4 is 0 Å². The molecule has 3 atom stereocenters. The molecule has 0 aliphatic heterocycles. The summed E-state index contributed by atoms with van der Waals surface area (Å²) in [5.74, 6) is 0.792. The number of aliphatic hydroxyl groups excluding tert-OH is 1. The van der Waals surface area contributed by atoms with Gasteiger partial charge in [-0.15, -0.1) is 0 Å². The predicted molar refractivity (Wildman–Crippen MR) is 62.4 cm³/mol. The molecule has 1 aliphatic carbocycles. The number of methoxy groups -OCH3 is 1. The van der Waals surface area contributed by atoms with Crippen molar-refractivity contribution in [1.29, 1.82) is 0 Å². The van der Waals surface area contributed by atoms with E-state index in [4.69, 9.17) is 4.74 Å². The van der Waals surface area contributed by atoms with Crippen molar-refractivity contribution in [2.24, 2.45) is 16.8 Å². The first-order chi connectivity index (χ1) is 7.20. The molecular weight excluding hydrogens is 190 g/mol. The summed E-state index contributed by atoms with van der Waals surface area (Å²) < 4.78 is 4.99. The Kier molecular flexibility index (Phi) is 5.26. The maximum absolute atomic E-state index is 9.90. The molecule has 0 radical (unpaired) electrons. The zero-order valence-electron chi connectivity index (χ0n) is 10.1. The Hall–Kier alpha value is -0.410. The van der Waals surface area contributed by atoms with Crippen LogP contribution in [0.1, 0.15) is 33.1 Å². The fourth-order valence-corrected chi connectivity index (χ4v) is 2.35. The lowest BCUT2D eigenvalue weighted by molar-refractivity contribution is 0.107. The second-order valence-electron chi connectivity index (χ2n) is 4.36. The molecule has 0 saturated heterocycles. The van der Waals surface area contributed by atoms with Crippen LogP contribution in [-0.2, 0) is 4.74 Å². The van der Waals surface area contributed by atoms with Crippen molar-refractivity contribution >= 4 is 5.71 Å². The summed E-state index contributed by atoms with van der Waals surface area (Å²) in [5.41, 5.74) is 1.20. The van der Waals surface area contributed by atoms with E-state index in [0.717, 1.165) is 25.8 Å². The molecule has 3 heteroatoms. The Labute approximate surface area is 92.6 Å². The zero-order chi connectivity index (χ0) is 11.3. The van der Waals surface area contributed by atoms with Gasteiger partial charge in [-0.25, -0.2) is 0 Å². The first kappa shape index (κ1) is 12.7. The third kappa shape index (κ3) is 3.28. The Balaban J connectivity index is 2.65. The van der Waals surface area contributed by atoms with Crippen molar-refractivity contribution in [3.8, 4) is 0 Å². The van der Waals surface area contributed by atoms with E-state index < -0.39 is 0 Å². The van der Waals surface area contributed by atoms with E-state index >= 15 is 0 Å². The third-order valence-electron chi connectivity index (χ3n) is 3.27. The molecule has 1 fully saturated rings. The molecule has 1 rings (SSSR count). The highest BCUT2D eigenvalue weighted by Gasteiger charge is 2.31. The van der Waals surface area contributed by atoms with Crippen LogP contribution >= 0.6 is 0 Å². The largest absolute Gasteiger partial charge is 0.392 e. The Bertz CT molecular complexity index is 216. The van der Waals surface area contributed by atoms with Crippen molar-refractivity contribution in [3.63, 3.8) is 0 Å². The molecule has 0 amide bonds. The highest BCUT2D eigenvalue weighted by atomic mass is 16.5. The van der Waals surface area contributed by atoms with Crippen molar-refractivity contribution in [1.82, 2.24) is 0 Å². The second kappa shape index (κ2) is 6.23. The van der Waals surface area contributed by atoms with Crippen LogP contribution in [0.4, 0.5) is 0 Å². The van der Waals surface area contributed by atoms with Gasteiger partial charge in [0.2, 0.25) is 0 Å². The van der Waals surface area contributed by atoms with Gasteiger partial charge in [0.25, 0.3) is 0 Å². The van der Waals surface area contributed by atoms with E-state index in [1.807, 2.05) is 0 Å². The topological polar surface area (TPSA) is 41.8 Å². The van der Waals surface area contributed by atoms with Crippen LogP contribution in [0, 0.1) is 11.8 Å². The summed E-state index contributed by atoms with van der Waals surface area (Å²) in [6, 6.07) is 0. The third-order valence-corrected chi connectivity index (χ3v) is 3.27. The predicted octanol–water partition coefficient (Wildman–Crippen LogP) is 1.89. The summed E-state index contributed by atoms with van der Waals surface area (Å²) in [6.07, 6.45) is 2.77. The molecule has 1 aliphatic rings. The lowest BCUT2D eigenvalue weighted by Gasteiger charge is -2.33. The first-order valence-electron chi connectivity index (χ1n) is 5.91. The summed E-state index contributed by atoms with van der Waals surface area (Å²) in [5, 5.41) is 9.90. The SMILES string of the molecule is CCC1C(=NCCOC)C(C)CCC1O. The van der Waals surface area contributed by atoms with Gasteiger partial charge in [-0.2, -0.15) is 0 Å². The minimum absolute atomic E-state index is 0.188. The van der Waals surface area contributed by atoms with Gasteiger partial charge in [0.1, 0.15) is 0 Å². The summed E-state index contributed by atoms with van der Waals surface area (Å²) >= 11 is 0. The lowest BCUT2D eigenvalue weighted by atomic mass is 9.77. The van der Waals surface area contributed by atoms with Crippen molar-refractivity contribution in [3.05, 3.63) is 0 Å². The normalized spacial score (nSPS) is 34.7. The van der Waals surface area contributed by atoms with E-state index in [1.165, 1.54) is 5.71 Å². The molecular formula is C12H23NO2. The van der Waals surface area contributed by atoms with Crippen LogP contribution in [0.15, 0.2) is 4.99 Å². The van der Waals surface area contributed by atoms with Crippen molar-refractivity contribution < 1.29 is 9.84 Å². The van der Waals surface area contributed by atoms with Gasteiger partial charge in [-0.05, 0) is 25.2 Å². The van der Waals surface area contributed by atoms with Gasteiger partial charge in [0.15, 0.2) is 0 Å². The van der Waals surface area contributed by atoms with E-state index in [9.17, 15) is 5.11 Å². The van der Waals surface area contributed by atoms with Gasteiger partial charge >= 0.3 is 0 Å². The number of rotatable bonds is 4. The van der Waals surface area contributed by atoms with Crippen molar-refractivity contribution in [2.45, 2.75) is 39.2 Å². The van der Waals surface area contributed by atoms with Gasteiger partial charge in [-0.3, -0.25) is 4.99 Å². The molecule has 0 spiro atoms. The molecule has 0 heterocycles. The van der Waals surface area contributed by atoms with E-state index in [0.29, 0.717) is 12.5 Å². The summed E-state index contributed by atoms with van der Waals surface area (Å²) in [7, 11) is 1.69. The molecule has 1 saturated carbocycles. The number of nitrogens with zero attached hydrogens (tertiary/aromatic N) is 1. The molecule has 15 heavy (non-hydrogen) atoms. The summed E-state index contributed by atoms with van der Waals surface area (Å²) in [4.78, 5) is 4.59. The zero-order valence-corrected chi connectivity index (χ0v) is 10.1. The van der Waals surface area contributed by atoms with E-state index in [1.54, 1.807) is 7.11 Å². The molecule has 0 aromatic rings. The summed E-state index contributed by atoms with van der Waals surface area (Å²) in [6.45, 7) is 5.72. The van der Waals surface area contributed by atoms with Gasteiger partial charge in [-0.1, -0.05) is 13.8 Å². The van der Waals surface area contributed by atoms with Crippen molar-refractivity contribution in [2.75, 3.05) is 20.3 Å². The average Bonchev–Trinajstić information content (AvgIpc) is 2.23. The van der Waals surface area contributed by atoms with Crippen LogP contribution in [0.5, 0.6) is 0 Å². The maximum Gasteiger partial charge on any atom is 0.0658 e. The Morgan fingerprint density at radius 1 is 1.47 bits per heavy atom.